The van der Waals surface area contributed by atoms with E-state index in [1.807, 2.05) is 0 Å². The van der Waals surface area contributed by atoms with Crippen molar-refractivity contribution in [1.29, 1.82) is 0 Å². The number of hydrogen-bond donors (Lipinski definition) is 2. The van der Waals surface area contributed by atoms with Crippen LogP contribution in [0.4, 0.5) is 21.8 Å². The highest BCUT2D eigenvalue weighted by atomic mass is 32.2. The van der Waals surface area contributed by atoms with Gasteiger partial charge in [0.15, 0.2) is 26.8 Å². The molecule has 0 atom stereocenters. The van der Waals surface area contributed by atoms with Crippen LogP contribution in [0.3, 0.4) is 0 Å². The molecule has 0 spiro atoms. The molecule has 43 heavy (non-hydrogen) atoms. The van der Waals surface area contributed by atoms with Crippen molar-refractivity contribution >= 4 is 38.5 Å². The Morgan fingerprint density at radius 2 is 1.74 bits per heavy atom. The summed E-state index contributed by atoms with van der Waals surface area (Å²) in [6, 6.07) is 13.3. The molecule has 0 radical (unpaired) electrons. The second-order valence-electron chi connectivity index (χ2n) is 11.8. The molecule has 1 aliphatic heterocycles. The topological polar surface area (TPSA) is 114 Å². The first-order chi connectivity index (χ1) is 20.8. The molecule has 1 aliphatic carbocycles. The van der Waals surface area contributed by atoms with Gasteiger partial charge in [-0.15, -0.1) is 0 Å². The van der Waals surface area contributed by atoms with E-state index in [1.54, 1.807) is 47.3 Å². The Morgan fingerprint density at radius 1 is 1.00 bits per heavy atom. The van der Waals surface area contributed by atoms with Crippen LogP contribution in [0.5, 0.6) is 0 Å². The van der Waals surface area contributed by atoms with Crippen LogP contribution in [0.25, 0.3) is 16.9 Å². The largest absolute Gasteiger partial charge is 0.381 e. The molecule has 228 valence electrons. The van der Waals surface area contributed by atoms with Gasteiger partial charge in [0.05, 0.1) is 15.8 Å². The van der Waals surface area contributed by atoms with Crippen LogP contribution < -0.4 is 10.6 Å². The number of fused-ring (bicyclic) bond motifs is 1. The first-order valence-electron chi connectivity index (χ1n) is 14.9. The normalized spacial score (nSPS) is 20.0. The summed E-state index contributed by atoms with van der Waals surface area (Å²) < 4.78 is 47.5. The Balaban J connectivity index is 1.28. The lowest BCUT2D eigenvalue weighted by Gasteiger charge is -2.30. The van der Waals surface area contributed by atoms with E-state index < -0.39 is 15.1 Å². The van der Waals surface area contributed by atoms with Crippen LogP contribution in [0.15, 0.2) is 59.8 Å². The first kappa shape index (κ1) is 29.5. The van der Waals surface area contributed by atoms with Crippen LogP contribution in [0.2, 0.25) is 0 Å². The summed E-state index contributed by atoms with van der Waals surface area (Å²) in [7, 11) is 0.783. The highest BCUT2D eigenvalue weighted by Gasteiger charge is 2.29. The monoisotopic (exact) mass is 607 g/mol. The Kier molecular flexibility index (Phi) is 8.60. The number of rotatable bonds is 9. The number of aromatic nitrogens is 4. The van der Waals surface area contributed by atoms with E-state index >= 15 is 0 Å². The molecule has 2 aromatic carbocycles. The molecule has 2 N–H and O–H groups in total. The van der Waals surface area contributed by atoms with Crippen LogP contribution in [-0.2, 0) is 14.6 Å². The van der Waals surface area contributed by atoms with E-state index in [9.17, 15) is 12.8 Å². The molecule has 1 saturated carbocycles. The molecular formula is C31H38FN7O3S. The van der Waals surface area contributed by atoms with Crippen LogP contribution >= 0.6 is 0 Å². The quantitative estimate of drug-likeness (QED) is 0.266. The van der Waals surface area contributed by atoms with Gasteiger partial charge in [0, 0.05) is 31.5 Å². The maximum atomic E-state index is 14.1. The lowest BCUT2D eigenvalue weighted by Crippen LogP contribution is -2.31. The maximum absolute atomic E-state index is 14.1. The highest BCUT2D eigenvalue weighted by Crippen LogP contribution is 2.31. The van der Waals surface area contributed by atoms with Crippen LogP contribution in [0.1, 0.15) is 38.5 Å². The molecule has 12 heteroatoms. The average molecular weight is 608 g/mol. The predicted octanol–water partition coefficient (Wildman–Crippen LogP) is 5.18. The number of hydrogen-bond acceptors (Lipinski definition) is 9. The van der Waals surface area contributed by atoms with Crippen molar-refractivity contribution in [3.63, 3.8) is 0 Å². The summed E-state index contributed by atoms with van der Waals surface area (Å²) in [6.45, 7) is 2.01. The van der Waals surface area contributed by atoms with E-state index in [2.05, 4.69) is 34.6 Å². The molecule has 2 fully saturated rings. The summed E-state index contributed by atoms with van der Waals surface area (Å²) in [5.41, 5.74) is 2.32. The number of anilines is 3. The van der Waals surface area contributed by atoms with Crippen molar-refractivity contribution in [3.8, 4) is 5.69 Å². The van der Waals surface area contributed by atoms with Gasteiger partial charge in [-0.25, -0.2) is 17.8 Å². The van der Waals surface area contributed by atoms with Crippen molar-refractivity contribution in [2.75, 3.05) is 44.5 Å². The molecule has 6 rings (SSSR count). The van der Waals surface area contributed by atoms with E-state index in [1.165, 1.54) is 12.1 Å². The fourth-order valence-corrected chi connectivity index (χ4v) is 7.81. The third-order valence-electron chi connectivity index (χ3n) is 8.34. The highest BCUT2D eigenvalue weighted by molar-refractivity contribution is 7.92. The number of imidazole rings is 1. The minimum atomic E-state index is -3.44. The zero-order valence-electron chi connectivity index (χ0n) is 24.5. The number of benzene rings is 2. The Hall–Kier alpha value is -3.61. The van der Waals surface area contributed by atoms with E-state index in [4.69, 9.17) is 14.7 Å². The SMILES string of the molecule is CN(C)CC1CCC(Nc2nc(Nc3ccc(S(=O)(=O)C4CCOCC4)cc3)c3ncn(-c4cccc(F)c4)c3n2)CC1. The smallest absolute Gasteiger partial charge is 0.227 e. The Morgan fingerprint density at radius 3 is 2.44 bits per heavy atom. The fourth-order valence-electron chi connectivity index (χ4n) is 6.10. The lowest BCUT2D eigenvalue weighted by atomic mass is 9.86. The van der Waals surface area contributed by atoms with Crippen LogP contribution in [-0.4, -0.2) is 78.0 Å². The van der Waals surface area contributed by atoms with Gasteiger partial charge in [-0.2, -0.15) is 9.97 Å². The first-order valence-corrected chi connectivity index (χ1v) is 16.4. The number of nitrogens with one attached hydrogen (secondary N) is 2. The van der Waals surface area contributed by atoms with E-state index in [-0.39, 0.29) is 11.9 Å². The third kappa shape index (κ3) is 6.66. The van der Waals surface area contributed by atoms with Crippen molar-refractivity contribution in [2.24, 2.45) is 5.92 Å². The number of halogens is 1. The summed E-state index contributed by atoms with van der Waals surface area (Å²) in [4.78, 5) is 16.7. The fraction of sp³-hybridized carbons (Fsp3) is 0.452. The molecule has 0 amide bonds. The molecule has 10 nitrogen and oxygen atoms in total. The summed E-state index contributed by atoms with van der Waals surface area (Å²) in [6.07, 6.45) is 6.93. The van der Waals surface area contributed by atoms with Gasteiger partial charge in [0.25, 0.3) is 0 Å². The molecule has 0 unspecified atom stereocenters. The molecule has 2 aromatic heterocycles. The molecular weight excluding hydrogens is 569 g/mol. The predicted molar refractivity (Wildman–Crippen MR) is 165 cm³/mol. The molecule has 1 saturated heterocycles. The second kappa shape index (κ2) is 12.6. The van der Waals surface area contributed by atoms with Crippen molar-refractivity contribution < 1.29 is 17.5 Å². The number of nitrogens with zero attached hydrogens (tertiary/aromatic N) is 5. The summed E-state index contributed by atoms with van der Waals surface area (Å²) in [5.74, 6) is 1.27. The molecule has 0 bridgehead atoms. The average Bonchev–Trinajstić information content (AvgIpc) is 3.43. The minimum Gasteiger partial charge on any atom is -0.381 e. The van der Waals surface area contributed by atoms with Gasteiger partial charge < -0.3 is 20.3 Å². The Bertz CT molecular complexity index is 1660. The van der Waals surface area contributed by atoms with Crippen molar-refractivity contribution in [3.05, 3.63) is 60.7 Å². The molecule has 4 aromatic rings. The summed E-state index contributed by atoms with van der Waals surface area (Å²) in [5, 5.41) is 6.43. The third-order valence-corrected chi connectivity index (χ3v) is 10.6. The van der Waals surface area contributed by atoms with Gasteiger partial charge in [-0.3, -0.25) is 4.57 Å². The molecule has 2 aliphatic rings. The zero-order chi connectivity index (χ0) is 30.0. The minimum absolute atomic E-state index is 0.240. The number of ether oxygens (including phenoxy) is 1. The van der Waals surface area contributed by atoms with E-state index in [0.29, 0.717) is 71.2 Å². The Labute approximate surface area is 251 Å². The van der Waals surface area contributed by atoms with Gasteiger partial charge in [-0.05, 0) is 101 Å². The standard InChI is InChI=1S/C31H38FN7O3S/c1-38(2)19-21-6-8-24(9-7-21)35-31-36-29(28-30(37-31)39(20-33-28)25-5-3-4-22(32)18-25)34-23-10-12-26(13-11-23)43(40,41)27-14-16-42-17-15-27/h3-5,10-13,18,20-21,24,27H,6-9,14-17,19H2,1-2H3,(H2,34,35,36,37). The van der Waals surface area contributed by atoms with Gasteiger partial charge in [-0.1, -0.05) is 6.07 Å². The van der Waals surface area contributed by atoms with Crippen molar-refractivity contribution in [2.45, 2.75) is 54.7 Å². The molecule has 3 heterocycles. The van der Waals surface area contributed by atoms with Crippen molar-refractivity contribution in [1.82, 2.24) is 24.4 Å². The summed E-state index contributed by atoms with van der Waals surface area (Å²) >= 11 is 0. The number of sulfone groups is 1. The second-order valence-corrected chi connectivity index (χ2v) is 14.0. The van der Waals surface area contributed by atoms with Gasteiger partial charge in [0.1, 0.15) is 12.1 Å². The van der Waals surface area contributed by atoms with Gasteiger partial charge in [0.2, 0.25) is 5.95 Å². The van der Waals surface area contributed by atoms with E-state index in [0.717, 1.165) is 32.2 Å². The van der Waals surface area contributed by atoms with Gasteiger partial charge >= 0.3 is 0 Å². The zero-order valence-corrected chi connectivity index (χ0v) is 25.4. The maximum Gasteiger partial charge on any atom is 0.227 e. The lowest BCUT2D eigenvalue weighted by molar-refractivity contribution is 0.0983. The van der Waals surface area contributed by atoms with Crippen LogP contribution in [0, 0.1) is 11.7 Å².